The highest BCUT2D eigenvalue weighted by atomic mass is 19.4. The molecule has 2 aromatic rings. The van der Waals surface area contributed by atoms with Crippen LogP contribution in [0.15, 0.2) is 48.5 Å². The van der Waals surface area contributed by atoms with Gasteiger partial charge < -0.3 is 11.1 Å². The first-order valence-corrected chi connectivity index (χ1v) is 6.73. The van der Waals surface area contributed by atoms with Crippen LogP contribution >= 0.6 is 0 Å². The zero-order valence-corrected chi connectivity index (χ0v) is 11.5. The molecule has 0 saturated carbocycles. The summed E-state index contributed by atoms with van der Waals surface area (Å²) in [6.07, 6.45) is -2.71. The number of benzene rings is 2. The van der Waals surface area contributed by atoms with Crippen LogP contribution in [0.1, 0.15) is 17.5 Å². The van der Waals surface area contributed by atoms with E-state index in [1.165, 1.54) is 12.1 Å². The Kier molecular flexibility index (Phi) is 4.85. The number of hydrogen-bond acceptors (Lipinski definition) is 2. The van der Waals surface area contributed by atoms with Crippen molar-refractivity contribution in [1.82, 2.24) is 0 Å². The summed E-state index contributed by atoms with van der Waals surface area (Å²) in [7, 11) is 0. The summed E-state index contributed by atoms with van der Waals surface area (Å²) in [4.78, 5) is 0. The summed E-state index contributed by atoms with van der Waals surface area (Å²) >= 11 is 0. The van der Waals surface area contributed by atoms with E-state index in [0.29, 0.717) is 12.2 Å². The lowest BCUT2D eigenvalue weighted by molar-refractivity contribution is -0.136. The highest BCUT2D eigenvalue weighted by molar-refractivity contribution is 5.64. The van der Waals surface area contributed by atoms with E-state index in [1.807, 2.05) is 18.2 Å². The Hall–Kier alpha value is -2.01. The molecule has 2 nitrogen and oxygen atoms in total. The van der Waals surface area contributed by atoms with Gasteiger partial charge in [-0.2, -0.15) is 13.2 Å². The van der Waals surface area contributed by atoms with E-state index >= 15 is 0 Å². The SMILES string of the molecule is NCCCc1cccc(Nc2ccccc2C(F)(F)F)c1. The molecule has 2 rings (SSSR count). The van der Waals surface area contributed by atoms with Gasteiger partial charge in [-0.05, 0) is 49.2 Å². The fourth-order valence-corrected chi connectivity index (χ4v) is 2.11. The molecule has 0 saturated heterocycles. The largest absolute Gasteiger partial charge is 0.418 e. The molecule has 2 aromatic carbocycles. The lowest BCUT2D eigenvalue weighted by atomic mass is 10.1. The molecule has 0 bridgehead atoms. The standard InChI is InChI=1S/C16H17F3N2/c17-16(18,19)14-8-1-2-9-15(14)21-13-7-3-5-12(11-13)6-4-10-20/h1-3,5,7-9,11,21H,4,6,10,20H2. The number of anilines is 2. The Bertz CT molecular complexity index is 594. The van der Waals surface area contributed by atoms with Crippen LogP contribution in [0.4, 0.5) is 24.5 Å². The average Bonchev–Trinajstić information content (AvgIpc) is 2.45. The summed E-state index contributed by atoms with van der Waals surface area (Å²) in [5.41, 5.74) is 6.54. The lowest BCUT2D eigenvalue weighted by Gasteiger charge is -2.15. The third kappa shape index (κ3) is 4.23. The molecule has 0 aliphatic rings. The predicted octanol–water partition coefficient (Wildman–Crippen LogP) is 4.34. The van der Waals surface area contributed by atoms with Crippen LogP contribution < -0.4 is 11.1 Å². The second-order valence-corrected chi connectivity index (χ2v) is 4.76. The van der Waals surface area contributed by atoms with Crippen molar-refractivity contribution in [3.63, 3.8) is 0 Å². The molecule has 0 atom stereocenters. The Morgan fingerprint density at radius 1 is 1.00 bits per heavy atom. The Labute approximate surface area is 121 Å². The number of hydrogen-bond donors (Lipinski definition) is 2. The number of halogens is 3. The summed E-state index contributed by atoms with van der Waals surface area (Å²) in [5.74, 6) is 0. The minimum atomic E-state index is -4.37. The molecule has 0 fully saturated rings. The van der Waals surface area contributed by atoms with Gasteiger partial charge in [0.15, 0.2) is 0 Å². The third-order valence-electron chi connectivity index (χ3n) is 3.11. The summed E-state index contributed by atoms with van der Waals surface area (Å²) < 4.78 is 38.8. The van der Waals surface area contributed by atoms with Crippen molar-refractivity contribution in [3.05, 3.63) is 59.7 Å². The molecule has 0 heterocycles. The third-order valence-corrected chi connectivity index (χ3v) is 3.11. The van der Waals surface area contributed by atoms with Gasteiger partial charge in [0.1, 0.15) is 0 Å². The van der Waals surface area contributed by atoms with Gasteiger partial charge in [0.2, 0.25) is 0 Å². The lowest BCUT2D eigenvalue weighted by Crippen LogP contribution is -2.08. The van der Waals surface area contributed by atoms with E-state index in [1.54, 1.807) is 12.1 Å². The van der Waals surface area contributed by atoms with Crippen molar-refractivity contribution < 1.29 is 13.2 Å². The maximum absolute atomic E-state index is 12.9. The molecule has 0 aliphatic carbocycles. The quantitative estimate of drug-likeness (QED) is 0.861. The maximum Gasteiger partial charge on any atom is 0.418 e. The Morgan fingerprint density at radius 2 is 1.76 bits per heavy atom. The smallest absolute Gasteiger partial charge is 0.355 e. The van der Waals surface area contributed by atoms with Gasteiger partial charge in [-0.3, -0.25) is 0 Å². The van der Waals surface area contributed by atoms with Crippen LogP contribution in [0.25, 0.3) is 0 Å². The molecule has 0 spiro atoms. The van der Waals surface area contributed by atoms with E-state index in [-0.39, 0.29) is 5.69 Å². The number of para-hydroxylation sites is 1. The first-order chi connectivity index (χ1) is 10.0. The minimum Gasteiger partial charge on any atom is -0.355 e. The molecule has 0 radical (unpaired) electrons. The highest BCUT2D eigenvalue weighted by Crippen LogP contribution is 2.35. The zero-order valence-electron chi connectivity index (χ0n) is 11.5. The molecule has 0 amide bonds. The molecule has 0 unspecified atom stereocenters. The van der Waals surface area contributed by atoms with Crippen LogP contribution in [-0.2, 0) is 12.6 Å². The van der Waals surface area contributed by atoms with E-state index in [9.17, 15) is 13.2 Å². The molecule has 21 heavy (non-hydrogen) atoms. The van der Waals surface area contributed by atoms with E-state index in [4.69, 9.17) is 5.73 Å². The second kappa shape index (κ2) is 6.63. The molecular formula is C16H17F3N2. The number of alkyl halides is 3. The first kappa shape index (κ1) is 15.4. The predicted molar refractivity (Wildman–Crippen MR) is 78.5 cm³/mol. The van der Waals surface area contributed by atoms with Crippen molar-refractivity contribution in [2.24, 2.45) is 5.73 Å². The zero-order chi connectivity index (χ0) is 15.3. The molecule has 0 aromatic heterocycles. The summed E-state index contributed by atoms with van der Waals surface area (Å²) in [6, 6.07) is 12.8. The van der Waals surface area contributed by atoms with E-state index in [2.05, 4.69) is 5.32 Å². The minimum absolute atomic E-state index is 0.0565. The molecule has 112 valence electrons. The number of nitrogens with two attached hydrogens (primary N) is 1. The number of rotatable bonds is 5. The van der Waals surface area contributed by atoms with Gasteiger partial charge in [-0.1, -0.05) is 24.3 Å². The van der Waals surface area contributed by atoms with Crippen molar-refractivity contribution in [1.29, 1.82) is 0 Å². The van der Waals surface area contributed by atoms with Gasteiger partial charge in [0.25, 0.3) is 0 Å². The van der Waals surface area contributed by atoms with Gasteiger partial charge in [-0.25, -0.2) is 0 Å². The van der Waals surface area contributed by atoms with Gasteiger partial charge >= 0.3 is 6.18 Å². The molecule has 5 heteroatoms. The Balaban J connectivity index is 2.23. The van der Waals surface area contributed by atoms with E-state index in [0.717, 1.165) is 24.5 Å². The summed E-state index contributed by atoms with van der Waals surface area (Å²) in [6.45, 7) is 0.592. The number of aryl methyl sites for hydroxylation is 1. The van der Waals surface area contributed by atoms with Crippen molar-refractivity contribution in [3.8, 4) is 0 Å². The van der Waals surface area contributed by atoms with Crippen molar-refractivity contribution >= 4 is 11.4 Å². The van der Waals surface area contributed by atoms with Crippen LogP contribution in [-0.4, -0.2) is 6.54 Å². The topological polar surface area (TPSA) is 38.0 Å². The van der Waals surface area contributed by atoms with Gasteiger partial charge in [0.05, 0.1) is 11.3 Å². The average molecular weight is 294 g/mol. The van der Waals surface area contributed by atoms with Crippen LogP contribution in [0.2, 0.25) is 0 Å². The molecule has 3 N–H and O–H groups in total. The Morgan fingerprint density at radius 3 is 2.48 bits per heavy atom. The summed E-state index contributed by atoms with van der Waals surface area (Å²) in [5, 5.41) is 2.84. The fourth-order valence-electron chi connectivity index (χ4n) is 2.11. The van der Waals surface area contributed by atoms with Gasteiger partial charge in [0, 0.05) is 5.69 Å². The molecular weight excluding hydrogens is 277 g/mol. The van der Waals surface area contributed by atoms with Crippen molar-refractivity contribution in [2.75, 3.05) is 11.9 Å². The maximum atomic E-state index is 12.9. The second-order valence-electron chi connectivity index (χ2n) is 4.76. The van der Waals surface area contributed by atoms with E-state index < -0.39 is 11.7 Å². The van der Waals surface area contributed by atoms with Crippen molar-refractivity contribution in [2.45, 2.75) is 19.0 Å². The number of nitrogens with one attached hydrogen (secondary N) is 1. The monoisotopic (exact) mass is 294 g/mol. The highest BCUT2D eigenvalue weighted by Gasteiger charge is 2.33. The normalized spacial score (nSPS) is 11.4. The fraction of sp³-hybridized carbons (Fsp3) is 0.250. The van der Waals surface area contributed by atoms with Gasteiger partial charge in [-0.15, -0.1) is 0 Å². The van der Waals surface area contributed by atoms with Crippen LogP contribution in [0, 0.1) is 0 Å². The molecule has 0 aliphatic heterocycles. The first-order valence-electron chi connectivity index (χ1n) is 6.73. The van der Waals surface area contributed by atoms with Crippen LogP contribution in [0.5, 0.6) is 0 Å². The van der Waals surface area contributed by atoms with Crippen LogP contribution in [0.3, 0.4) is 0 Å².